The zero-order valence-corrected chi connectivity index (χ0v) is 10.8. The molecule has 1 fully saturated rings. The molecule has 2 aromatic heterocycles. The predicted molar refractivity (Wildman–Crippen MR) is 69.8 cm³/mol. The lowest BCUT2D eigenvalue weighted by Crippen LogP contribution is -2.29. The number of nitrogens with zero attached hydrogens (tertiary/aromatic N) is 7. The van der Waals surface area contributed by atoms with Crippen molar-refractivity contribution in [3.63, 3.8) is 0 Å². The first-order chi connectivity index (χ1) is 9.28. The average Bonchev–Trinajstić information content (AvgIpc) is 3.08. The van der Waals surface area contributed by atoms with Crippen molar-refractivity contribution < 1.29 is 0 Å². The minimum atomic E-state index is 0.206. The maximum atomic E-state index is 5.77. The number of aromatic nitrogens is 6. The monoisotopic (exact) mass is 260 g/mol. The van der Waals surface area contributed by atoms with Gasteiger partial charge in [-0.1, -0.05) is 6.92 Å². The van der Waals surface area contributed by atoms with E-state index in [4.69, 9.17) is 5.73 Å². The normalized spacial score (nSPS) is 14.6. The van der Waals surface area contributed by atoms with Gasteiger partial charge in [0.15, 0.2) is 0 Å². The Bertz CT molecular complexity index is 548. The van der Waals surface area contributed by atoms with Gasteiger partial charge in [0, 0.05) is 12.6 Å². The summed E-state index contributed by atoms with van der Waals surface area (Å²) >= 11 is 0. The van der Waals surface area contributed by atoms with Gasteiger partial charge in [0.2, 0.25) is 11.9 Å². The van der Waals surface area contributed by atoms with Crippen LogP contribution in [0, 0.1) is 0 Å². The van der Waals surface area contributed by atoms with E-state index in [0.717, 1.165) is 13.0 Å². The molecule has 1 aliphatic rings. The largest absolute Gasteiger partial charge is 0.368 e. The van der Waals surface area contributed by atoms with Crippen molar-refractivity contribution in [1.82, 2.24) is 29.7 Å². The fourth-order valence-corrected chi connectivity index (χ4v) is 1.98. The van der Waals surface area contributed by atoms with Gasteiger partial charge in [0.05, 0.1) is 0 Å². The molecule has 0 aliphatic heterocycles. The fourth-order valence-electron chi connectivity index (χ4n) is 1.98. The zero-order valence-electron chi connectivity index (χ0n) is 10.8. The highest BCUT2D eigenvalue weighted by Gasteiger charge is 2.30. The molecule has 0 aromatic carbocycles. The van der Waals surface area contributed by atoms with Gasteiger partial charge in [0.1, 0.15) is 12.7 Å². The quantitative estimate of drug-likeness (QED) is 0.831. The SMILES string of the molecule is CCCN(c1nc(N)nc(-n2cncn2)n1)C1CC1. The van der Waals surface area contributed by atoms with Gasteiger partial charge >= 0.3 is 0 Å². The maximum Gasteiger partial charge on any atom is 0.258 e. The molecule has 2 N–H and O–H groups in total. The highest BCUT2D eigenvalue weighted by atomic mass is 15.4. The standard InChI is InChI=1S/C11H16N8/c1-2-5-18(8-3-4-8)10-15-9(12)16-11(17-10)19-7-13-6-14-19/h6-8H,2-5H2,1H3,(H2,12,15,16,17). The first kappa shape index (κ1) is 11.8. The molecule has 2 heterocycles. The molecule has 0 saturated heterocycles. The molecule has 0 atom stereocenters. The molecule has 0 unspecified atom stereocenters. The number of hydrogen-bond donors (Lipinski definition) is 1. The van der Waals surface area contributed by atoms with Gasteiger partial charge in [-0.25, -0.2) is 4.98 Å². The summed E-state index contributed by atoms with van der Waals surface area (Å²) in [5.41, 5.74) is 5.77. The second-order valence-corrected chi connectivity index (χ2v) is 4.56. The third kappa shape index (κ3) is 2.47. The molecule has 1 saturated carbocycles. The Hall–Kier alpha value is -2.25. The van der Waals surface area contributed by atoms with E-state index >= 15 is 0 Å². The minimum Gasteiger partial charge on any atom is -0.368 e. The summed E-state index contributed by atoms with van der Waals surface area (Å²) in [6.07, 6.45) is 6.39. The number of anilines is 2. The van der Waals surface area contributed by atoms with Gasteiger partial charge in [-0.05, 0) is 19.3 Å². The molecular weight excluding hydrogens is 244 g/mol. The average molecular weight is 260 g/mol. The summed E-state index contributed by atoms with van der Waals surface area (Å²) < 4.78 is 1.48. The third-order valence-corrected chi connectivity index (χ3v) is 2.96. The van der Waals surface area contributed by atoms with Crippen LogP contribution in [0.5, 0.6) is 0 Å². The number of hydrogen-bond acceptors (Lipinski definition) is 7. The Morgan fingerprint density at radius 2 is 2.21 bits per heavy atom. The van der Waals surface area contributed by atoms with E-state index in [9.17, 15) is 0 Å². The smallest absolute Gasteiger partial charge is 0.258 e. The van der Waals surface area contributed by atoms with Crippen LogP contribution in [0.3, 0.4) is 0 Å². The second kappa shape index (κ2) is 4.79. The van der Waals surface area contributed by atoms with Gasteiger partial charge < -0.3 is 10.6 Å². The van der Waals surface area contributed by atoms with E-state index in [2.05, 4.69) is 36.9 Å². The summed E-state index contributed by atoms with van der Waals surface area (Å²) in [4.78, 5) is 18.8. The van der Waals surface area contributed by atoms with E-state index in [-0.39, 0.29) is 5.95 Å². The molecular formula is C11H16N8. The van der Waals surface area contributed by atoms with Crippen molar-refractivity contribution in [3.05, 3.63) is 12.7 Å². The van der Waals surface area contributed by atoms with Crippen LogP contribution in [0.25, 0.3) is 5.95 Å². The third-order valence-electron chi connectivity index (χ3n) is 2.96. The minimum absolute atomic E-state index is 0.206. The molecule has 8 nitrogen and oxygen atoms in total. The van der Waals surface area contributed by atoms with E-state index < -0.39 is 0 Å². The Balaban J connectivity index is 1.96. The van der Waals surface area contributed by atoms with Crippen LogP contribution in [0.15, 0.2) is 12.7 Å². The lowest BCUT2D eigenvalue weighted by atomic mass is 10.4. The number of nitrogen functional groups attached to an aromatic ring is 1. The Morgan fingerprint density at radius 3 is 2.84 bits per heavy atom. The Labute approximate surface area is 110 Å². The highest BCUT2D eigenvalue weighted by molar-refractivity contribution is 5.40. The van der Waals surface area contributed by atoms with E-state index in [1.807, 2.05) is 0 Å². The molecule has 2 aromatic rings. The molecule has 0 bridgehead atoms. The molecule has 1 aliphatic carbocycles. The van der Waals surface area contributed by atoms with Gasteiger partial charge in [-0.2, -0.15) is 24.7 Å². The van der Waals surface area contributed by atoms with Gasteiger partial charge in [-0.15, -0.1) is 0 Å². The van der Waals surface area contributed by atoms with Crippen molar-refractivity contribution in [2.24, 2.45) is 0 Å². The molecule has 19 heavy (non-hydrogen) atoms. The van der Waals surface area contributed by atoms with Crippen molar-refractivity contribution in [1.29, 1.82) is 0 Å². The molecule has 8 heteroatoms. The maximum absolute atomic E-state index is 5.77. The van der Waals surface area contributed by atoms with Crippen molar-refractivity contribution in [2.45, 2.75) is 32.2 Å². The molecule has 3 rings (SSSR count). The van der Waals surface area contributed by atoms with Gasteiger partial charge in [0.25, 0.3) is 5.95 Å². The Kier molecular flexibility index (Phi) is 2.98. The molecule has 0 radical (unpaired) electrons. The summed E-state index contributed by atoms with van der Waals surface area (Å²) in [6.45, 7) is 3.06. The number of nitrogens with two attached hydrogens (primary N) is 1. The summed E-state index contributed by atoms with van der Waals surface area (Å²) in [6, 6.07) is 0.533. The second-order valence-electron chi connectivity index (χ2n) is 4.56. The van der Waals surface area contributed by atoms with Crippen LogP contribution in [0.1, 0.15) is 26.2 Å². The Morgan fingerprint density at radius 1 is 1.37 bits per heavy atom. The molecule has 0 spiro atoms. The van der Waals surface area contributed by atoms with Crippen LogP contribution in [0.2, 0.25) is 0 Å². The van der Waals surface area contributed by atoms with E-state index in [1.54, 1.807) is 6.33 Å². The van der Waals surface area contributed by atoms with Crippen LogP contribution in [-0.4, -0.2) is 42.3 Å². The topological polar surface area (TPSA) is 98.6 Å². The lowest BCUT2D eigenvalue weighted by Gasteiger charge is -2.21. The summed E-state index contributed by atoms with van der Waals surface area (Å²) in [7, 11) is 0. The van der Waals surface area contributed by atoms with E-state index in [1.165, 1.54) is 23.9 Å². The van der Waals surface area contributed by atoms with Crippen molar-refractivity contribution >= 4 is 11.9 Å². The van der Waals surface area contributed by atoms with E-state index in [0.29, 0.717) is 17.9 Å². The van der Waals surface area contributed by atoms with Crippen LogP contribution < -0.4 is 10.6 Å². The van der Waals surface area contributed by atoms with Crippen molar-refractivity contribution in [3.8, 4) is 5.95 Å². The highest BCUT2D eigenvalue weighted by Crippen LogP contribution is 2.30. The first-order valence-corrected chi connectivity index (χ1v) is 6.41. The fraction of sp³-hybridized carbons (Fsp3) is 0.545. The van der Waals surface area contributed by atoms with Crippen LogP contribution >= 0.6 is 0 Å². The molecule has 100 valence electrons. The predicted octanol–water partition coefficient (Wildman–Crippen LogP) is 0.413. The van der Waals surface area contributed by atoms with Crippen LogP contribution in [-0.2, 0) is 0 Å². The summed E-state index contributed by atoms with van der Waals surface area (Å²) in [5.74, 6) is 1.24. The summed E-state index contributed by atoms with van der Waals surface area (Å²) in [5, 5.41) is 4.01. The van der Waals surface area contributed by atoms with Gasteiger partial charge in [-0.3, -0.25) is 0 Å². The first-order valence-electron chi connectivity index (χ1n) is 6.41. The molecule has 0 amide bonds. The number of rotatable bonds is 5. The zero-order chi connectivity index (χ0) is 13.2. The van der Waals surface area contributed by atoms with Crippen molar-refractivity contribution in [2.75, 3.05) is 17.2 Å². The van der Waals surface area contributed by atoms with Crippen LogP contribution in [0.4, 0.5) is 11.9 Å². The lowest BCUT2D eigenvalue weighted by molar-refractivity contribution is 0.717.